The highest BCUT2D eigenvalue weighted by Gasteiger charge is 2.33. The standard InChI is InChI=1S/C23H34N2/c1-3-5-7-9-17-23(18-10-8-6-4-2)24-20-15-11-13-19-14-12-16-21(25-23)22(19)20/h11-16,24-25H,3-10,17-18H2,1-2H3. The highest BCUT2D eigenvalue weighted by Crippen LogP contribution is 2.41. The molecule has 0 radical (unpaired) electrons. The molecule has 2 nitrogen and oxygen atoms in total. The highest BCUT2D eigenvalue weighted by molar-refractivity contribution is 6.05. The summed E-state index contributed by atoms with van der Waals surface area (Å²) in [6, 6.07) is 13.3. The molecule has 2 aromatic carbocycles. The maximum absolute atomic E-state index is 3.92. The van der Waals surface area contributed by atoms with Gasteiger partial charge in [0, 0.05) is 16.8 Å². The largest absolute Gasteiger partial charge is 0.362 e. The zero-order chi connectivity index (χ0) is 17.5. The summed E-state index contributed by atoms with van der Waals surface area (Å²) in [5, 5.41) is 10.5. The molecule has 2 aromatic rings. The van der Waals surface area contributed by atoms with Crippen LogP contribution in [0.2, 0.25) is 0 Å². The molecule has 0 bridgehead atoms. The van der Waals surface area contributed by atoms with E-state index in [-0.39, 0.29) is 5.66 Å². The average Bonchev–Trinajstić information content (AvgIpc) is 2.63. The summed E-state index contributed by atoms with van der Waals surface area (Å²) in [7, 11) is 0. The van der Waals surface area contributed by atoms with E-state index in [0.29, 0.717) is 0 Å². The fourth-order valence-electron chi connectivity index (χ4n) is 4.18. The summed E-state index contributed by atoms with van der Waals surface area (Å²) in [4.78, 5) is 0. The maximum Gasteiger partial charge on any atom is 0.108 e. The molecule has 0 atom stereocenters. The smallest absolute Gasteiger partial charge is 0.108 e. The van der Waals surface area contributed by atoms with E-state index in [1.165, 1.54) is 86.4 Å². The Balaban J connectivity index is 1.80. The molecule has 1 aliphatic rings. The van der Waals surface area contributed by atoms with Gasteiger partial charge in [-0.3, -0.25) is 0 Å². The van der Waals surface area contributed by atoms with Gasteiger partial charge in [-0.15, -0.1) is 0 Å². The molecule has 0 unspecified atom stereocenters. The van der Waals surface area contributed by atoms with E-state index in [4.69, 9.17) is 0 Å². The number of anilines is 2. The Bertz CT molecular complexity index is 622. The third-order valence-corrected chi connectivity index (χ3v) is 5.57. The molecule has 0 amide bonds. The molecular weight excluding hydrogens is 304 g/mol. The van der Waals surface area contributed by atoms with Crippen molar-refractivity contribution in [3.63, 3.8) is 0 Å². The molecule has 0 saturated carbocycles. The summed E-state index contributed by atoms with van der Waals surface area (Å²) in [6.45, 7) is 4.57. The van der Waals surface area contributed by atoms with Crippen LogP contribution in [0.1, 0.15) is 78.1 Å². The summed E-state index contributed by atoms with van der Waals surface area (Å²) in [5.41, 5.74) is 2.63. The van der Waals surface area contributed by atoms with Gasteiger partial charge in [-0.25, -0.2) is 0 Å². The molecule has 2 heteroatoms. The lowest BCUT2D eigenvalue weighted by atomic mass is 9.90. The van der Waals surface area contributed by atoms with Crippen LogP contribution in [0, 0.1) is 0 Å². The lowest BCUT2D eigenvalue weighted by molar-refractivity contribution is 0.405. The molecule has 1 heterocycles. The normalized spacial score (nSPS) is 15.0. The molecule has 136 valence electrons. The molecule has 25 heavy (non-hydrogen) atoms. The van der Waals surface area contributed by atoms with Crippen molar-refractivity contribution in [3.8, 4) is 0 Å². The fourth-order valence-corrected chi connectivity index (χ4v) is 4.18. The summed E-state index contributed by atoms with van der Waals surface area (Å²) in [5.74, 6) is 0. The lowest BCUT2D eigenvalue weighted by Crippen LogP contribution is -2.48. The molecule has 1 aliphatic heterocycles. The van der Waals surface area contributed by atoms with Crippen molar-refractivity contribution >= 4 is 22.1 Å². The van der Waals surface area contributed by atoms with Crippen LogP contribution in [0.3, 0.4) is 0 Å². The first kappa shape index (κ1) is 18.1. The van der Waals surface area contributed by atoms with Gasteiger partial charge in [-0.1, -0.05) is 76.6 Å². The Hall–Kier alpha value is -1.70. The van der Waals surface area contributed by atoms with Gasteiger partial charge < -0.3 is 10.6 Å². The van der Waals surface area contributed by atoms with Crippen LogP contribution in [0.25, 0.3) is 10.8 Å². The van der Waals surface area contributed by atoms with E-state index in [9.17, 15) is 0 Å². The van der Waals surface area contributed by atoms with E-state index >= 15 is 0 Å². The summed E-state index contributed by atoms with van der Waals surface area (Å²) >= 11 is 0. The minimum atomic E-state index is 0.0180. The van der Waals surface area contributed by atoms with Gasteiger partial charge in [0.15, 0.2) is 0 Å². The van der Waals surface area contributed by atoms with Gasteiger partial charge in [0.2, 0.25) is 0 Å². The number of hydrogen-bond acceptors (Lipinski definition) is 2. The van der Waals surface area contributed by atoms with Crippen molar-refractivity contribution in [1.82, 2.24) is 0 Å². The highest BCUT2D eigenvalue weighted by atomic mass is 15.2. The molecule has 0 spiro atoms. The van der Waals surface area contributed by atoms with Crippen molar-refractivity contribution in [2.24, 2.45) is 0 Å². The van der Waals surface area contributed by atoms with E-state index < -0.39 is 0 Å². The zero-order valence-electron chi connectivity index (χ0n) is 16.0. The van der Waals surface area contributed by atoms with Gasteiger partial charge >= 0.3 is 0 Å². The quantitative estimate of drug-likeness (QED) is 0.444. The Morgan fingerprint density at radius 2 is 1.20 bits per heavy atom. The van der Waals surface area contributed by atoms with E-state index in [1.54, 1.807) is 0 Å². The minimum absolute atomic E-state index is 0.0180. The molecule has 0 aromatic heterocycles. The van der Waals surface area contributed by atoms with Gasteiger partial charge in [0.25, 0.3) is 0 Å². The number of benzene rings is 2. The predicted octanol–water partition coefficient (Wildman–Crippen LogP) is 7.31. The first-order valence-electron chi connectivity index (χ1n) is 10.4. The zero-order valence-corrected chi connectivity index (χ0v) is 16.0. The number of nitrogens with one attached hydrogen (secondary N) is 2. The fraction of sp³-hybridized carbons (Fsp3) is 0.565. The molecule has 0 aliphatic carbocycles. The van der Waals surface area contributed by atoms with E-state index in [1.807, 2.05) is 0 Å². The SMILES string of the molecule is CCCCCCC1(CCCCCC)Nc2cccc3cccc(c23)N1. The summed E-state index contributed by atoms with van der Waals surface area (Å²) < 4.78 is 0. The third-order valence-electron chi connectivity index (χ3n) is 5.57. The van der Waals surface area contributed by atoms with Gasteiger partial charge in [-0.05, 0) is 43.2 Å². The lowest BCUT2D eigenvalue weighted by Gasteiger charge is -2.42. The molecule has 0 fully saturated rings. The first-order valence-corrected chi connectivity index (χ1v) is 10.4. The first-order chi connectivity index (χ1) is 12.3. The van der Waals surface area contributed by atoms with Crippen LogP contribution < -0.4 is 10.6 Å². The summed E-state index contributed by atoms with van der Waals surface area (Å²) in [6.07, 6.45) is 12.9. The molecule has 3 rings (SSSR count). The minimum Gasteiger partial charge on any atom is -0.362 e. The van der Waals surface area contributed by atoms with Gasteiger partial charge in [0.05, 0.1) is 0 Å². The Kier molecular flexibility index (Phi) is 6.23. The molecule has 0 saturated heterocycles. The van der Waals surface area contributed by atoms with Crippen molar-refractivity contribution in [2.75, 3.05) is 10.6 Å². The monoisotopic (exact) mass is 338 g/mol. The second kappa shape index (κ2) is 8.60. The van der Waals surface area contributed by atoms with Crippen molar-refractivity contribution in [2.45, 2.75) is 83.7 Å². The second-order valence-corrected chi connectivity index (χ2v) is 7.66. The van der Waals surface area contributed by atoms with Crippen molar-refractivity contribution < 1.29 is 0 Å². The Morgan fingerprint density at radius 1 is 0.680 bits per heavy atom. The van der Waals surface area contributed by atoms with Crippen LogP contribution in [-0.4, -0.2) is 5.66 Å². The van der Waals surface area contributed by atoms with Crippen LogP contribution >= 0.6 is 0 Å². The van der Waals surface area contributed by atoms with Crippen molar-refractivity contribution in [3.05, 3.63) is 36.4 Å². The number of hydrogen-bond donors (Lipinski definition) is 2. The van der Waals surface area contributed by atoms with Crippen molar-refractivity contribution in [1.29, 1.82) is 0 Å². The Morgan fingerprint density at radius 3 is 1.68 bits per heavy atom. The second-order valence-electron chi connectivity index (χ2n) is 7.66. The maximum atomic E-state index is 3.92. The molecular formula is C23H34N2. The predicted molar refractivity (Wildman–Crippen MR) is 111 cm³/mol. The van der Waals surface area contributed by atoms with Crippen LogP contribution in [0.5, 0.6) is 0 Å². The average molecular weight is 339 g/mol. The molecule has 2 N–H and O–H groups in total. The van der Waals surface area contributed by atoms with Gasteiger partial charge in [-0.2, -0.15) is 0 Å². The topological polar surface area (TPSA) is 24.1 Å². The third kappa shape index (κ3) is 4.29. The van der Waals surface area contributed by atoms with Crippen LogP contribution in [-0.2, 0) is 0 Å². The Labute approximate surface area is 153 Å². The van der Waals surface area contributed by atoms with Crippen LogP contribution in [0.4, 0.5) is 11.4 Å². The number of rotatable bonds is 10. The van der Waals surface area contributed by atoms with E-state index in [2.05, 4.69) is 60.9 Å². The van der Waals surface area contributed by atoms with Crippen LogP contribution in [0.15, 0.2) is 36.4 Å². The van der Waals surface area contributed by atoms with E-state index in [0.717, 1.165) is 0 Å². The number of unbranched alkanes of at least 4 members (excludes halogenated alkanes) is 6. The van der Waals surface area contributed by atoms with Gasteiger partial charge in [0.1, 0.15) is 5.66 Å².